The number of thioether (sulfide) groups is 1. The van der Waals surface area contributed by atoms with Gasteiger partial charge in [-0.25, -0.2) is 4.79 Å². The molecule has 0 aromatic carbocycles. The van der Waals surface area contributed by atoms with E-state index in [1.54, 1.807) is 0 Å². The van der Waals surface area contributed by atoms with Crippen molar-refractivity contribution in [1.82, 2.24) is 9.80 Å². The molecule has 0 saturated carbocycles. The predicted octanol–water partition coefficient (Wildman–Crippen LogP) is -0.535. The van der Waals surface area contributed by atoms with E-state index in [2.05, 4.69) is 0 Å². The van der Waals surface area contributed by atoms with Crippen LogP contribution in [0.25, 0.3) is 0 Å². The molecule has 9 heteroatoms. The molecule has 3 aliphatic rings. The summed E-state index contributed by atoms with van der Waals surface area (Å²) in [5.41, 5.74) is -0.0575. The number of hydrogen-bond donors (Lipinski definition) is 3. The van der Waals surface area contributed by atoms with E-state index in [-0.39, 0.29) is 41.3 Å². The van der Waals surface area contributed by atoms with Crippen molar-refractivity contribution < 1.29 is 29.7 Å². The molecule has 2 fully saturated rings. The number of carboxylic acid groups (broad SMARTS) is 1. The molecule has 0 aromatic heterocycles. The van der Waals surface area contributed by atoms with Gasteiger partial charge in [0.25, 0.3) is 0 Å². The Morgan fingerprint density at radius 2 is 1.96 bits per heavy atom. The summed E-state index contributed by atoms with van der Waals surface area (Å²) in [6.07, 6.45) is -1.60. The zero-order valence-corrected chi connectivity index (χ0v) is 15.1. The number of fused-ring (bicyclic) bond motifs is 1. The Morgan fingerprint density at radius 3 is 2.44 bits per heavy atom. The number of aliphatic hydroxyl groups excluding tert-OH is 2. The summed E-state index contributed by atoms with van der Waals surface area (Å²) in [5.74, 6) is -2.55. The topological polar surface area (TPSA) is 118 Å². The number of likely N-dealkylation sites (tertiary alicyclic amines) is 1. The van der Waals surface area contributed by atoms with Gasteiger partial charge >= 0.3 is 5.97 Å². The lowest BCUT2D eigenvalue weighted by Crippen LogP contribution is -2.63. The number of β-amino-alcohol motifs (C(OH)–C–C–N with tert-alkyl or cyclic N) is 1. The van der Waals surface area contributed by atoms with Gasteiger partial charge in [-0.2, -0.15) is 0 Å². The summed E-state index contributed by atoms with van der Waals surface area (Å²) in [6, 6.07) is -0.372. The Morgan fingerprint density at radius 1 is 1.32 bits per heavy atom. The van der Waals surface area contributed by atoms with Gasteiger partial charge in [-0.05, 0) is 6.92 Å². The molecule has 138 valence electrons. The number of nitrogens with zero attached hydrogens (tertiary/aromatic N) is 2. The van der Waals surface area contributed by atoms with Crippen molar-refractivity contribution in [2.75, 3.05) is 13.1 Å². The molecular weight excluding hydrogens is 348 g/mol. The summed E-state index contributed by atoms with van der Waals surface area (Å²) >= 11 is 1.23. The number of aliphatic carboxylic acids is 1. The van der Waals surface area contributed by atoms with Crippen LogP contribution in [0, 0.1) is 11.8 Å². The first-order valence-corrected chi connectivity index (χ1v) is 9.12. The Kier molecular flexibility index (Phi) is 4.59. The standard InChI is InChI=1S/C16H22N2O6S/c1-6-12-11(7(2)19)15(22)18(12)13(16(23)24)14(6)25-10-5-17(8(3)20)4-9(10)21/h6-7,9-12,19,21H,4-5H2,1-3H3,(H,23,24)/t6?,7?,9?,10?,11?,12-/m1/s1. The first kappa shape index (κ1) is 18.2. The second-order valence-corrected chi connectivity index (χ2v) is 8.20. The number of carbonyl (C=O) groups excluding carboxylic acids is 2. The molecule has 6 atom stereocenters. The molecule has 3 heterocycles. The Hall–Kier alpha value is -1.58. The van der Waals surface area contributed by atoms with Crippen molar-refractivity contribution >= 4 is 29.5 Å². The molecule has 5 unspecified atom stereocenters. The van der Waals surface area contributed by atoms with Crippen LogP contribution in [0.3, 0.4) is 0 Å². The van der Waals surface area contributed by atoms with Crippen LogP contribution in [0.15, 0.2) is 10.6 Å². The lowest BCUT2D eigenvalue weighted by atomic mass is 9.79. The van der Waals surface area contributed by atoms with E-state index in [1.165, 1.54) is 35.4 Å². The largest absolute Gasteiger partial charge is 0.477 e. The SMILES string of the molecule is CC(=O)N1CC(O)C(SC2=C(C(=O)O)N3C(=O)C(C(C)O)[C@H]3C2C)C1. The second-order valence-electron chi connectivity index (χ2n) is 6.92. The van der Waals surface area contributed by atoms with Gasteiger partial charge in [-0.15, -0.1) is 11.8 Å². The smallest absolute Gasteiger partial charge is 0.353 e. The number of carbonyl (C=O) groups is 3. The fourth-order valence-electron chi connectivity index (χ4n) is 3.97. The zero-order chi connectivity index (χ0) is 18.6. The van der Waals surface area contributed by atoms with Crippen molar-refractivity contribution in [2.45, 2.75) is 44.3 Å². The molecule has 2 saturated heterocycles. The van der Waals surface area contributed by atoms with Crippen LogP contribution in [-0.2, 0) is 14.4 Å². The van der Waals surface area contributed by atoms with E-state index >= 15 is 0 Å². The van der Waals surface area contributed by atoms with E-state index in [1.807, 2.05) is 6.92 Å². The lowest BCUT2D eigenvalue weighted by molar-refractivity contribution is -0.163. The summed E-state index contributed by atoms with van der Waals surface area (Å²) in [6.45, 7) is 5.35. The first-order chi connectivity index (χ1) is 11.6. The van der Waals surface area contributed by atoms with Gasteiger partial charge in [0.2, 0.25) is 11.8 Å². The molecule has 0 aromatic rings. The van der Waals surface area contributed by atoms with Gasteiger partial charge in [0, 0.05) is 30.8 Å². The minimum absolute atomic E-state index is 0.0575. The van der Waals surface area contributed by atoms with Gasteiger partial charge < -0.3 is 25.1 Å². The second kappa shape index (κ2) is 6.30. The van der Waals surface area contributed by atoms with Crippen molar-refractivity contribution in [2.24, 2.45) is 11.8 Å². The third-order valence-electron chi connectivity index (χ3n) is 5.27. The maximum absolute atomic E-state index is 12.3. The summed E-state index contributed by atoms with van der Waals surface area (Å²) < 4.78 is 0. The highest BCUT2D eigenvalue weighted by Gasteiger charge is 2.60. The van der Waals surface area contributed by atoms with Crippen LogP contribution in [0.2, 0.25) is 0 Å². The summed E-state index contributed by atoms with van der Waals surface area (Å²) in [5, 5.41) is 29.3. The van der Waals surface area contributed by atoms with Crippen LogP contribution in [-0.4, -0.2) is 79.5 Å². The number of amides is 2. The van der Waals surface area contributed by atoms with E-state index in [4.69, 9.17) is 0 Å². The molecule has 0 spiro atoms. The Bertz CT molecular complexity index is 663. The van der Waals surface area contributed by atoms with Crippen molar-refractivity contribution in [3.8, 4) is 0 Å². The van der Waals surface area contributed by atoms with Gasteiger partial charge in [-0.1, -0.05) is 6.92 Å². The highest BCUT2D eigenvalue weighted by atomic mass is 32.2. The molecule has 8 nitrogen and oxygen atoms in total. The van der Waals surface area contributed by atoms with Crippen molar-refractivity contribution in [1.29, 1.82) is 0 Å². The number of rotatable bonds is 4. The van der Waals surface area contributed by atoms with Crippen LogP contribution in [0.4, 0.5) is 0 Å². The molecule has 0 bridgehead atoms. The van der Waals surface area contributed by atoms with Gasteiger partial charge in [-0.3, -0.25) is 9.59 Å². The van der Waals surface area contributed by atoms with Gasteiger partial charge in [0.15, 0.2) is 0 Å². The van der Waals surface area contributed by atoms with Crippen LogP contribution in [0.5, 0.6) is 0 Å². The molecule has 2 amide bonds. The van der Waals surface area contributed by atoms with E-state index in [0.717, 1.165) is 0 Å². The number of hydrogen-bond acceptors (Lipinski definition) is 6. The van der Waals surface area contributed by atoms with E-state index in [0.29, 0.717) is 11.4 Å². The van der Waals surface area contributed by atoms with Gasteiger partial charge in [0.05, 0.1) is 29.4 Å². The van der Waals surface area contributed by atoms with Crippen molar-refractivity contribution in [3.05, 3.63) is 10.6 Å². The summed E-state index contributed by atoms with van der Waals surface area (Å²) in [4.78, 5) is 38.9. The van der Waals surface area contributed by atoms with E-state index < -0.39 is 24.1 Å². The van der Waals surface area contributed by atoms with Crippen LogP contribution in [0.1, 0.15) is 20.8 Å². The third-order valence-corrected chi connectivity index (χ3v) is 6.86. The van der Waals surface area contributed by atoms with E-state index in [9.17, 15) is 29.7 Å². The number of aliphatic hydroxyl groups is 2. The van der Waals surface area contributed by atoms with Crippen molar-refractivity contribution in [3.63, 3.8) is 0 Å². The molecule has 25 heavy (non-hydrogen) atoms. The Balaban J connectivity index is 1.86. The maximum Gasteiger partial charge on any atom is 0.353 e. The molecule has 3 aliphatic heterocycles. The fourth-order valence-corrected chi connectivity index (χ4v) is 5.45. The summed E-state index contributed by atoms with van der Waals surface area (Å²) in [7, 11) is 0. The zero-order valence-electron chi connectivity index (χ0n) is 14.2. The number of β-lactam (4-membered cyclic amide) rings is 1. The molecule has 3 N–H and O–H groups in total. The van der Waals surface area contributed by atoms with Crippen LogP contribution >= 0.6 is 11.8 Å². The predicted molar refractivity (Wildman–Crippen MR) is 89.3 cm³/mol. The minimum atomic E-state index is -1.19. The monoisotopic (exact) mass is 370 g/mol. The molecular formula is C16H22N2O6S. The normalized spacial score (nSPS) is 35.7. The first-order valence-electron chi connectivity index (χ1n) is 8.24. The minimum Gasteiger partial charge on any atom is -0.477 e. The quantitative estimate of drug-likeness (QED) is 0.569. The lowest BCUT2D eigenvalue weighted by Gasteiger charge is -2.46. The molecule has 3 rings (SSSR count). The number of carboxylic acids is 1. The van der Waals surface area contributed by atoms with Gasteiger partial charge in [0.1, 0.15) is 5.70 Å². The highest BCUT2D eigenvalue weighted by molar-refractivity contribution is 8.03. The maximum atomic E-state index is 12.3. The average Bonchev–Trinajstić information content (AvgIpc) is 2.97. The third kappa shape index (κ3) is 2.74. The fraction of sp³-hybridized carbons (Fsp3) is 0.688. The Labute approximate surface area is 149 Å². The molecule has 0 aliphatic carbocycles. The highest BCUT2D eigenvalue weighted by Crippen LogP contribution is 2.51. The molecule has 0 radical (unpaired) electrons. The van der Waals surface area contributed by atoms with Crippen LogP contribution < -0.4 is 0 Å². The average molecular weight is 370 g/mol.